The molecular formula is C13H17NO4. The van der Waals surface area contributed by atoms with E-state index < -0.39 is 11.7 Å². The molecule has 5 nitrogen and oxygen atoms in total. The average Bonchev–Trinajstić information content (AvgIpc) is 2.22. The van der Waals surface area contributed by atoms with Crippen LogP contribution in [0, 0.1) is 6.92 Å². The number of hydrogen-bond donors (Lipinski definition) is 2. The molecule has 0 fully saturated rings. The molecule has 18 heavy (non-hydrogen) atoms. The number of ether oxygens (including phenoxy) is 1. The SMILES string of the molecule is Cc1c(NC(=O)OC(C)(C)C)ccc(C=O)c1O. The molecule has 1 aromatic rings. The van der Waals surface area contributed by atoms with E-state index >= 15 is 0 Å². The van der Waals surface area contributed by atoms with Crippen LogP contribution >= 0.6 is 0 Å². The van der Waals surface area contributed by atoms with Gasteiger partial charge in [-0.25, -0.2) is 4.79 Å². The Morgan fingerprint density at radius 3 is 2.50 bits per heavy atom. The molecule has 0 aromatic heterocycles. The summed E-state index contributed by atoms with van der Waals surface area (Å²) in [6.07, 6.45) is -0.0524. The second-order valence-corrected chi connectivity index (χ2v) is 4.92. The zero-order valence-corrected chi connectivity index (χ0v) is 10.9. The molecule has 0 unspecified atom stereocenters. The Bertz CT molecular complexity index is 475. The van der Waals surface area contributed by atoms with Gasteiger partial charge in [-0.2, -0.15) is 0 Å². The van der Waals surface area contributed by atoms with Crippen molar-refractivity contribution >= 4 is 18.1 Å². The Morgan fingerprint density at radius 2 is 2.00 bits per heavy atom. The van der Waals surface area contributed by atoms with Gasteiger partial charge in [-0.15, -0.1) is 0 Å². The van der Waals surface area contributed by atoms with Crippen LogP contribution in [0.2, 0.25) is 0 Å². The average molecular weight is 251 g/mol. The number of phenols is 1. The number of benzene rings is 1. The van der Waals surface area contributed by atoms with Crippen LogP contribution in [-0.4, -0.2) is 23.1 Å². The van der Waals surface area contributed by atoms with E-state index in [1.165, 1.54) is 6.07 Å². The Kier molecular flexibility index (Phi) is 3.96. The minimum absolute atomic E-state index is 0.140. The van der Waals surface area contributed by atoms with Crippen LogP contribution < -0.4 is 5.32 Å². The number of amides is 1. The number of hydrogen-bond acceptors (Lipinski definition) is 4. The number of anilines is 1. The maximum atomic E-state index is 11.6. The summed E-state index contributed by atoms with van der Waals surface area (Å²) in [5, 5.41) is 12.2. The summed E-state index contributed by atoms with van der Waals surface area (Å²) in [5.41, 5.74) is 0.419. The van der Waals surface area contributed by atoms with Crippen molar-refractivity contribution in [3.05, 3.63) is 23.3 Å². The van der Waals surface area contributed by atoms with Crippen LogP contribution in [-0.2, 0) is 4.74 Å². The van der Waals surface area contributed by atoms with Crippen molar-refractivity contribution in [3.63, 3.8) is 0 Å². The smallest absolute Gasteiger partial charge is 0.412 e. The predicted molar refractivity (Wildman–Crippen MR) is 68.1 cm³/mol. The molecule has 0 bridgehead atoms. The van der Waals surface area contributed by atoms with E-state index in [9.17, 15) is 14.7 Å². The Balaban J connectivity index is 2.90. The normalized spacial score (nSPS) is 10.9. The third-order valence-electron chi connectivity index (χ3n) is 2.22. The highest BCUT2D eigenvalue weighted by Crippen LogP contribution is 2.28. The lowest BCUT2D eigenvalue weighted by Crippen LogP contribution is -2.27. The van der Waals surface area contributed by atoms with Crippen molar-refractivity contribution in [2.24, 2.45) is 0 Å². The van der Waals surface area contributed by atoms with Gasteiger partial charge >= 0.3 is 6.09 Å². The first-order chi connectivity index (χ1) is 8.24. The largest absolute Gasteiger partial charge is 0.507 e. The van der Waals surface area contributed by atoms with E-state index in [4.69, 9.17) is 4.74 Å². The fraction of sp³-hybridized carbons (Fsp3) is 0.385. The van der Waals surface area contributed by atoms with Crippen LogP contribution in [0.5, 0.6) is 5.75 Å². The lowest BCUT2D eigenvalue weighted by Gasteiger charge is -2.20. The van der Waals surface area contributed by atoms with E-state index in [1.807, 2.05) is 0 Å². The summed E-state index contributed by atoms with van der Waals surface area (Å²) in [6, 6.07) is 2.98. The Morgan fingerprint density at radius 1 is 1.39 bits per heavy atom. The topological polar surface area (TPSA) is 75.6 Å². The van der Waals surface area contributed by atoms with Crippen molar-refractivity contribution in [1.82, 2.24) is 0 Å². The number of rotatable bonds is 2. The molecule has 0 aliphatic heterocycles. The van der Waals surface area contributed by atoms with E-state index in [1.54, 1.807) is 33.8 Å². The minimum Gasteiger partial charge on any atom is -0.507 e. The maximum Gasteiger partial charge on any atom is 0.412 e. The van der Waals surface area contributed by atoms with Crippen LogP contribution in [0.15, 0.2) is 12.1 Å². The lowest BCUT2D eigenvalue weighted by atomic mass is 10.1. The molecule has 0 saturated heterocycles. The highest BCUT2D eigenvalue weighted by Gasteiger charge is 2.17. The minimum atomic E-state index is -0.608. The van der Waals surface area contributed by atoms with Gasteiger partial charge in [0, 0.05) is 5.56 Å². The fourth-order valence-corrected chi connectivity index (χ4v) is 1.37. The second-order valence-electron chi connectivity index (χ2n) is 4.92. The molecule has 0 saturated carbocycles. The number of nitrogens with one attached hydrogen (secondary N) is 1. The molecule has 1 amide bonds. The van der Waals surface area contributed by atoms with Crippen LogP contribution in [0.4, 0.5) is 10.5 Å². The number of aromatic hydroxyl groups is 1. The first-order valence-corrected chi connectivity index (χ1v) is 5.52. The molecular weight excluding hydrogens is 234 g/mol. The standard InChI is InChI=1S/C13H17NO4/c1-8-10(6-5-9(7-15)11(8)16)14-12(17)18-13(2,3)4/h5-7,16H,1-4H3,(H,14,17). The number of carbonyl (C=O) groups is 2. The molecule has 0 aliphatic rings. The van der Waals surface area contributed by atoms with Crippen LogP contribution in [0.1, 0.15) is 36.7 Å². The molecule has 0 spiro atoms. The highest BCUT2D eigenvalue weighted by molar-refractivity contribution is 5.89. The van der Waals surface area contributed by atoms with Gasteiger partial charge in [0.1, 0.15) is 11.4 Å². The molecule has 0 radical (unpaired) electrons. The quantitative estimate of drug-likeness (QED) is 0.792. The maximum absolute atomic E-state index is 11.6. The summed E-state index contributed by atoms with van der Waals surface area (Å²) >= 11 is 0. The summed E-state index contributed by atoms with van der Waals surface area (Å²) in [5.74, 6) is -0.140. The van der Waals surface area contributed by atoms with Crippen molar-refractivity contribution in [1.29, 1.82) is 0 Å². The molecule has 2 N–H and O–H groups in total. The molecule has 98 valence electrons. The number of aldehydes is 1. The third-order valence-corrected chi connectivity index (χ3v) is 2.22. The predicted octanol–water partition coefficient (Wildman–Crippen LogP) is 2.86. The second kappa shape index (κ2) is 5.08. The van der Waals surface area contributed by atoms with Gasteiger partial charge in [-0.1, -0.05) is 0 Å². The molecule has 0 atom stereocenters. The van der Waals surface area contributed by atoms with Gasteiger partial charge in [0.15, 0.2) is 6.29 Å². The van der Waals surface area contributed by atoms with Crippen LogP contribution in [0.25, 0.3) is 0 Å². The van der Waals surface area contributed by atoms with Gasteiger partial charge < -0.3 is 9.84 Å². The first kappa shape index (κ1) is 14.0. The number of phenolic OH excluding ortho intramolecular Hbond substituents is 1. The van der Waals surface area contributed by atoms with Crippen molar-refractivity contribution < 1.29 is 19.4 Å². The van der Waals surface area contributed by atoms with Gasteiger partial charge in [-0.3, -0.25) is 10.1 Å². The van der Waals surface area contributed by atoms with Crippen molar-refractivity contribution in [2.75, 3.05) is 5.32 Å². The summed E-state index contributed by atoms with van der Waals surface area (Å²) in [4.78, 5) is 22.2. The summed E-state index contributed by atoms with van der Waals surface area (Å²) in [6.45, 7) is 6.88. The van der Waals surface area contributed by atoms with Gasteiger partial charge in [0.2, 0.25) is 0 Å². The zero-order valence-electron chi connectivity index (χ0n) is 10.9. The monoisotopic (exact) mass is 251 g/mol. The summed E-state index contributed by atoms with van der Waals surface area (Å²) < 4.78 is 5.09. The fourth-order valence-electron chi connectivity index (χ4n) is 1.37. The molecule has 1 aromatic carbocycles. The zero-order chi connectivity index (χ0) is 13.9. The van der Waals surface area contributed by atoms with E-state index in [0.29, 0.717) is 17.5 Å². The summed E-state index contributed by atoms with van der Waals surface area (Å²) in [7, 11) is 0. The lowest BCUT2D eigenvalue weighted by molar-refractivity contribution is 0.0635. The van der Waals surface area contributed by atoms with Crippen LogP contribution in [0.3, 0.4) is 0 Å². The van der Waals surface area contributed by atoms with Gasteiger partial charge in [-0.05, 0) is 39.8 Å². The van der Waals surface area contributed by atoms with Gasteiger partial charge in [0.05, 0.1) is 11.3 Å². The van der Waals surface area contributed by atoms with Crippen molar-refractivity contribution in [2.45, 2.75) is 33.3 Å². The highest BCUT2D eigenvalue weighted by atomic mass is 16.6. The van der Waals surface area contributed by atoms with E-state index in [2.05, 4.69) is 5.32 Å². The van der Waals surface area contributed by atoms with Gasteiger partial charge in [0.25, 0.3) is 0 Å². The third kappa shape index (κ3) is 3.48. The Labute approximate surface area is 106 Å². The van der Waals surface area contributed by atoms with Crippen molar-refractivity contribution in [3.8, 4) is 5.75 Å². The van der Waals surface area contributed by atoms with E-state index in [-0.39, 0.29) is 11.3 Å². The molecule has 0 aliphatic carbocycles. The first-order valence-electron chi connectivity index (χ1n) is 5.52. The van der Waals surface area contributed by atoms with E-state index in [0.717, 1.165) is 0 Å². The molecule has 0 heterocycles. The molecule has 5 heteroatoms. The number of carbonyl (C=O) groups excluding carboxylic acids is 2. The Hall–Kier alpha value is -2.04. The molecule has 1 rings (SSSR count).